The predicted octanol–water partition coefficient (Wildman–Crippen LogP) is 4.12. The highest BCUT2D eigenvalue weighted by Crippen LogP contribution is 2.39. The van der Waals surface area contributed by atoms with Gasteiger partial charge in [0.05, 0.1) is 18.3 Å². The molecule has 3 unspecified atom stereocenters. The van der Waals surface area contributed by atoms with E-state index in [-0.39, 0.29) is 35.0 Å². The van der Waals surface area contributed by atoms with Crippen molar-refractivity contribution >= 4 is 29.1 Å². The van der Waals surface area contributed by atoms with Crippen LogP contribution in [0.5, 0.6) is 0 Å². The van der Waals surface area contributed by atoms with Crippen molar-refractivity contribution in [3.05, 3.63) is 83.6 Å². The molecule has 4 rings (SSSR count). The minimum atomic E-state index is -2.62. The Morgan fingerprint density at radius 2 is 1.79 bits per heavy atom. The van der Waals surface area contributed by atoms with Gasteiger partial charge in [0.2, 0.25) is 0 Å². The molecular weight excluding hydrogens is 446 g/mol. The van der Waals surface area contributed by atoms with Crippen molar-refractivity contribution in [3.8, 4) is 0 Å². The van der Waals surface area contributed by atoms with Crippen LogP contribution in [0.15, 0.2) is 66.9 Å². The van der Waals surface area contributed by atoms with Crippen LogP contribution in [0.25, 0.3) is 0 Å². The minimum absolute atomic E-state index is 0.0768. The summed E-state index contributed by atoms with van der Waals surface area (Å²) < 4.78 is 28.8. The van der Waals surface area contributed by atoms with E-state index in [0.717, 1.165) is 11.1 Å². The zero-order valence-corrected chi connectivity index (χ0v) is 18.7. The van der Waals surface area contributed by atoms with Crippen LogP contribution in [0.2, 0.25) is 0 Å². The minimum Gasteiger partial charge on any atom is -0.363 e. The third kappa shape index (κ3) is 5.11. The van der Waals surface area contributed by atoms with Gasteiger partial charge in [0.15, 0.2) is 5.11 Å². The fraction of sp³-hybridized carbons (Fsp3) is 0.261. The molecule has 4 N–H and O–H groups in total. The molecule has 0 radical (unpaired) electrons. The second-order valence-corrected chi connectivity index (χ2v) is 8.19. The van der Waals surface area contributed by atoms with Gasteiger partial charge in [-0.1, -0.05) is 60.7 Å². The Balaban J connectivity index is 1.44. The topological polar surface area (TPSA) is 83.0 Å². The number of nitrogens with zero attached hydrogens (tertiary/aromatic N) is 2. The van der Waals surface area contributed by atoms with Gasteiger partial charge < -0.3 is 10.6 Å². The number of benzene rings is 2. The monoisotopic (exact) mass is 470 g/mol. The maximum Gasteiger partial charge on any atom is 0.275 e. The van der Waals surface area contributed by atoms with Crippen molar-refractivity contribution in [1.29, 1.82) is 0 Å². The lowest BCUT2D eigenvalue weighted by Crippen LogP contribution is -2.47. The summed E-state index contributed by atoms with van der Waals surface area (Å²) in [6, 6.07) is 17.4. The fourth-order valence-corrected chi connectivity index (χ4v) is 4.07. The summed E-state index contributed by atoms with van der Waals surface area (Å²) in [6.07, 6.45) is -1.19. The third-order valence-corrected chi connectivity index (χ3v) is 5.79. The molecule has 0 bridgehead atoms. The summed E-state index contributed by atoms with van der Waals surface area (Å²) in [7, 11) is 0. The molecule has 1 amide bonds. The molecule has 0 aliphatic carbocycles. The van der Waals surface area contributed by atoms with Crippen LogP contribution >= 0.6 is 12.2 Å². The van der Waals surface area contributed by atoms with Gasteiger partial charge in [-0.05, 0) is 36.7 Å². The maximum atomic E-state index is 13.8. The van der Waals surface area contributed by atoms with Gasteiger partial charge in [-0.3, -0.25) is 15.6 Å². The molecule has 1 aliphatic rings. The molecule has 3 atom stereocenters. The number of thiocarbonyl (C=S) groups is 1. The largest absolute Gasteiger partial charge is 0.363 e. The average Bonchev–Trinajstić information content (AvgIpc) is 3.27. The van der Waals surface area contributed by atoms with Crippen LogP contribution in [0, 0.1) is 0 Å². The molecular formula is C23H24F2N6OS. The van der Waals surface area contributed by atoms with E-state index in [4.69, 9.17) is 12.2 Å². The van der Waals surface area contributed by atoms with Crippen molar-refractivity contribution < 1.29 is 13.6 Å². The molecule has 0 saturated carbocycles. The first-order chi connectivity index (χ1) is 15.9. The van der Waals surface area contributed by atoms with E-state index in [1.54, 1.807) is 0 Å². The molecule has 10 heteroatoms. The predicted molar refractivity (Wildman–Crippen MR) is 126 cm³/mol. The second kappa shape index (κ2) is 9.95. The first-order valence-electron chi connectivity index (χ1n) is 10.5. The number of carbonyl (C=O) groups excluding carboxylic acids is 1. The van der Waals surface area contributed by atoms with Gasteiger partial charge in [0.1, 0.15) is 17.4 Å². The summed E-state index contributed by atoms with van der Waals surface area (Å²) in [6.45, 7) is 1.94. The molecule has 0 spiro atoms. The van der Waals surface area contributed by atoms with Crippen LogP contribution in [-0.4, -0.2) is 27.2 Å². The SMILES string of the molecule is CC(NC(=S)NNC(=O)c1cnn2c1NC(c1ccccc1)CC2C(F)F)c1ccccc1. The molecule has 0 saturated heterocycles. The van der Waals surface area contributed by atoms with Crippen LogP contribution in [0.1, 0.15) is 53.0 Å². The average molecular weight is 471 g/mol. The van der Waals surface area contributed by atoms with Gasteiger partial charge in [-0.15, -0.1) is 0 Å². The van der Waals surface area contributed by atoms with Gasteiger partial charge >= 0.3 is 0 Å². The summed E-state index contributed by atoms with van der Waals surface area (Å²) in [5, 5.41) is 10.6. The Labute approximate surface area is 195 Å². The van der Waals surface area contributed by atoms with Gasteiger partial charge in [0, 0.05) is 0 Å². The molecule has 172 valence electrons. The molecule has 0 fully saturated rings. The second-order valence-electron chi connectivity index (χ2n) is 7.78. The van der Waals surface area contributed by atoms with Crippen molar-refractivity contribution in [2.75, 3.05) is 5.32 Å². The highest BCUT2D eigenvalue weighted by molar-refractivity contribution is 7.80. The quantitative estimate of drug-likeness (QED) is 0.332. The Kier molecular flexibility index (Phi) is 6.83. The first kappa shape index (κ1) is 22.7. The van der Waals surface area contributed by atoms with Crippen molar-refractivity contribution in [2.45, 2.75) is 37.9 Å². The number of amides is 1. The van der Waals surface area contributed by atoms with E-state index in [2.05, 4.69) is 26.6 Å². The highest BCUT2D eigenvalue weighted by Gasteiger charge is 2.36. The number of nitrogens with one attached hydrogen (secondary N) is 4. The van der Waals surface area contributed by atoms with E-state index >= 15 is 0 Å². The first-order valence-corrected chi connectivity index (χ1v) is 10.9. The van der Waals surface area contributed by atoms with E-state index in [1.807, 2.05) is 67.6 Å². The number of anilines is 1. The number of carbonyl (C=O) groups is 1. The smallest absolute Gasteiger partial charge is 0.275 e. The fourth-order valence-electron chi connectivity index (χ4n) is 3.84. The van der Waals surface area contributed by atoms with E-state index in [1.165, 1.54) is 10.9 Å². The Bertz CT molecular complexity index is 1110. The lowest BCUT2D eigenvalue weighted by atomic mass is 9.97. The number of hydrogen-bond donors (Lipinski definition) is 4. The Morgan fingerprint density at radius 1 is 1.12 bits per heavy atom. The summed E-state index contributed by atoms with van der Waals surface area (Å²) >= 11 is 5.26. The van der Waals surface area contributed by atoms with Crippen LogP contribution in [-0.2, 0) is 0 Å². The van der Waals surface area contributed by atoms with Crippen LogP contribution < -0.4 is 21.5 Å². The van der Waals surface area contributed by atoms with Crippen molar-refractivity contribution in [2.24, 2.45) is 0 Å². The molecule has 2 heterocycles. The summed E-state index contributed by atoms with van der Waals surface area (Å²) in [5.41, 5.74) is 7.22. The number of alkyl halides is 2. The number of rotatable bonds is 5. The van der Waals surface area contributed by atoms with Gasteiger partial charge in [-0.25, -0.2) is 13.5 Å². The normalized spacial score (nSPS) is 18.1. The zero-order valence-electron chi connectivity index (χ0n) is 17.8. The molecule has 2 aromatic carbocycles. The van der Waals surface area contributed by atoms with Gasteiger partial charge in [0.25, 0.3) is 12.3 Å². The molecule has 1 aliphatic heterocycles. The molecule has 3 aromatic rings. The van der Waals surface area contributed by atoms with Gasteiger partial charge in [-0.2, -0.15) is 5.10 Å². The van der Waals surface area contributed by atoms with E-state index < -0.39 is 18.4 Å². The molecule has 33 heavy (non-hydrogen) atoms. The maximum absolute atomic E-state index is 13.8. The molecule has 1 aromatic heterocycles. The third-order valence-electron chi connectivity index (χ3n) is 5.57. The lowest BCUT2D eigenvalue weighted by Gasteiger charge is -2.32. The lowest BCUT2D eigenvalue weighted by molar-refractivity contribution is 0.0656. The Hall–Kier alpha value is -3.53. The molecule has 7 nitrogen and oxygen atoms in total. The standard InChI is InChI=1S/C23H24F2N6OS/c1-14(15-8-4-2-5-9-15)27-23(33)30-29-22(32)17-13-26-31-19(20(24)25)12-18(28-21(17)31)16-10-6-3-7-11-16/h2-11,13-14,18-20,28H,12H2,1H3,(H,29,32)(H2,27,30,33). The number of hydrazine groups is 1. The van der Waals surface area contributed by atoms with Crippen molar-refractivity contribution in [3.63, 3.8) is 0 Å². The number of fused-ring (bicyclic) bond motifs is 1. The van der Waals surface area contributed by atoms with Crippen molar-refractivity contribution in [1.82, 2.24) is 25.9 Å². The highest BCUT2D eigenvalue weighted by atomic mass is 32.1. The zero-order chi connectivity index (χ0) is 23.4. The van der Waals surface area contributed by atoms with E-state index in [9.17, 15) is 13.6 Å². The number of hydrogen-bond acceptors (Lipinski definition) is 4. The summed E-state index contributed by atoms with van der Waals surface area (Å²) in [5.74, 6) is -0.293. The number of halogens is 2. The van der Waals surface area contributed by atoms with Crippen LogP contribution in [0.3, 0.4) is 0 Å². The Morgan fingerprint density at radius 3 is 2.45 bits per heavy atom. The summed E-state index contributed by atoms with van der Waals surface area (Å²) in [4.78, 5) is 12.8. The number of aromatic nitrogens is 2. The van der Waals surface area contributed by atoms with Crippen LogP contribution in [0.4, 0.5) is 14.6 Å². The van der Waals surface area contributed by atoms with E-state index in [0.29, 0.717) is 0 Å².